The van der Waals surface area contributed by atoms with Crippen molar-refractivity contribution in [3.05, 3.63) is 70.7 Å². The molecule has 134 valence electrons. The highest BCUT2D eigenvalue weighted by Crippen LogP contribution is 2.29. The van der Waals surface area contributed by atoms with Crippen molar-refractivity contribution >= 4 is 12.4 Å². The van der Waals surface area contributed by atoms with E-state index in [1.807, 2.05) is 25.1 Å². The number of halogens is 1. The van der Waals surface area contributed by atoms with Crippen LogP contribution in [0.3, 0.4) is 0 Å². The van der Waals surface area contributed by atoms with Gasteiger partial charge in [-0.25, -0.2) is 9.18 Å². The molecule has 0 aliphatic carbocycles. The van der Waals surface area contributed by atoms with Crippen molar-refractivity contribution in [1.82, 2.24) is 4.90 Å². The third-order valence-electron chi connectivity index (χ3n) is 4.60. The van der Waals surface area contributed by atoms with Crippen LogP contribution in [0.5, 0.6) is 0 Å². The van der Waals surface area contributed by atoms with Gasteiger partial charge in [0.15, 0.2) is 6.29 Å². The lowest BCUT2D eigenvalue weighted by molar-refractivity contribution is 0.111. The van der Waals surface area contributed by atoms with E-state index in [0.717, 1.165) is 16.7 Å². The number of carbonyl (C=O) groups excluding carboxylic acids is 2. The van der Waals surface area contributed by atoms with Gasteiger partial charge in [0.1, 0.15) is 11.6 Å². The quantitative estimate of drug-likeness (QED) is 0.592. The zero-order valence-electron chi connectivity index (χ0n) is 14.8. The SMILES string of the molecule is C/C=C(\C)OC(=O)N1CCc2cc(-c3cccc(C=O)c3F)ccc2C1. The van der Waals surface area contributed by atoms with Crippen molar-refractivity contribution in [2.75, 3.05) is 6.54 Å². The van der Waals surface area contributed by atoms with Gasteiger partial charge in [-0.05, 0) is 49.1 Å². The number of aldehydes is 1. The lowest BCUT2D eigenvalue weighted by Gasteiger charge is -2.28. The molecule has 0 radical (unpaired) electrons. The molecule has 0 saturated carbocycles. The Balaban J connectivity index is 1.84. The summed E-state index contributed by atoms with van der Waals surface area (Å²) in [6.45, 7) is 4.56. The van der Waals surface area contributed by atoms with Gasteiger partial charge in [0.2, 0.25) is 0 Å². The predicted molar refractivity (Wildman–Crippen MR) is 97.2 cm³/mol. The molecule has 4 nitrogen and oxygen atoms in total. The number of hydrogen-bond acceptors (Lipinski definition) is 3. The number of carbonyl (C=O) groups is 2. The molecule has 1 aliphatic rings. The zero-order chi connectivity index (χ0) is 18.7. The fraction of sp³-hybridized carbons (Fsp3) is 0.238. The van der Waals surface area contributed by atoms with E-state index < -0.39 is 5.82 Å². The number of benzene rings is 2. The minimum Gasteiger partial charge on any atom is -0.415 e. The second kappa shape index (κ2) is 7.52. The topological polar surface area (TPSA) is 46.6 Å². The summed E-state index contributed by atoms with van der Waals surface area (Å²) >= 11 is 0. The summed E-state index contributed by atoms with van der Waals surface area (Å²) in [7, 11) is 0. The highest BCUT2D eigenvalue weighted by atomic mass is 19.1. The Morgan fingerprint density at radius 2 is 2.04 bits per heavy atom. The number of rotatable bonds is 3. The molecule has 0 spiro atoms. The van der Waals surface area contributed by atoms with Crippen LogP contribution in [0.2, 0.25) is 0 Å². The van der Waals surface area contributed by atoms with Crippen LogP contribution in [-0.4, -0.2) is 23.8 Å². The number of fused-ring (bicyclic) bond motifs is 1. The Bertz CT molecular complexity index is 889. The molecule has 0 aromatic heterocycles. The zero-order valence-corrected chi connectivity index (χ0v) is 14.8. The molecular weight excluding hydrogens is 333 g/mol. The Labute approximate surface area is 151 Å². The van der Waals surface area contributed by atoms with E-state index >= 15 is 0 Å². The Kier molecular flexibility index (Phi) is 5.16. The van der Waals surface area contributed by atoms with Crippen LogP contribution in [0.4, 0.5) is 9.18 Å². The van der Waals surface area contributed by atoms with E-state index in [1.165, 1.54) is 6.07 Å². The van der Waals surface area contributed by atoms with Crippen LogP contribution in [0.1, 0.15) is 35.3 Å². The van der Waals surface area contributed by atoms with Gasteiger partial charge in [-0.1, -0.05) is 30.3 Å². The maximum absolute atomic E-state index is 14.4. The van der Waals surface area contributed by atoms with E-state index in [1.54, 1.807) is 30.0 Å². The standard InChI is InChI=1S/C21H20FNO3/c1-3-14(2)26-21(25)23-10-9-15-11-16(7-8-17(15)12-23)19-6-4-5-18(13-24)20(19)22/h3-8,11,13H,9-10,12H2,1-2H3/b14-3+. The van der Waals surface area contributed by atoms with Gasteiger partial charge in [0, 0.05) is 18.7 Å². The van der Waals surface area contributed by atoms with E-state index in [4.69, 9.17) is 4.74 Å². The Morgan fingerprint density at radius 1 is 1.23 bits per heavy atom. The summed E-state index contributed by atoms with van der Waals surface area (Å²) in [6.07, 6.45) is 2.57. The minimum atomic E-state index is -0.509. The molecule has 0 fully saturated rings. The first-order valence-corrected chi connectivity index (χ1v) is 8.49. The summed E-state index contributed by atoms with van der Waals surface area (Å²) in [5.41, 5.74) is 3.27. The molecule has 0 unspecified atom stereocenters. The normalized spacial score (nSPS) is 14.0. The second-order valence-corrected chi connectivity index (χ2v) is 6.25. The summed E-state index contributed by atoms with van der Waals surface area (Å²) < 4.78 is 19.7. The molecule has 2 aromatic rings. The summed E-state index contributed by atoms with van der Waals surface area (Å²) in [4.78, 5) is 24.8. The van der Waals surface area contributed by atoms with Gasteiger partial charge in [-0.3, -0.25) is 4.79 Å². The van der Waals surface area contributed by atoms with Crippen LogP contribution < -0.4 is 0 Å². The average molecular weight is 353 g/mol. The van der Waals surface area contributed by atoms with Crippen LogP contribution >= 0.6 is 0 Å². The average Bonchev–Trinajstić information content (AvgIpc) is 2.67. The summed E-state index contributed by atoms with van der Waals surface area (Å²) in [5, 5.41) is 0. The monoisotopic (exact) mass is 353 g/mol. The molecule has 1 aliphatic heterocycles. The van der Waals surface area contributed by atoms with Crippen LogP contribution in [0.25, 0.3) is 11.1 Å². The van der Waals surface area contributed by atoms with Crippen LogP contribution in [-0.2, 0) is 17.7 Å². The fourth-order valence-electron chi connectivity index (χ4n) is 3.00. The van der Waals surface area contributed by atoms with Crippen LogP contribution in [0, 0.1) is 5.82 Å². The molecule has 3 rings (SSSR count). The number of ether oxygens (including phenoxy) is 1. The van der Waals surface area contributed by atoms with Crippen molar-refractivity contribution in [1.29, 1.82) is 0 Å². The maximum Gasteiger partial charge on any atom is 0.415 e. The number of hydrogen-bond donors (Lipinski definition) is 0. The van der Waals surface area contributed by atoms with Gasteiger partial charge in [0.05, 0.1) is 5.56 Å². The largest absolute Gasteiger partial charge is 0.415 e. The molecule has 26 heavy (non-hydrogen) atoms. The number of amides is 1. The molecule has 0 atom stereocenters. The first kappa shape index (κ1) is 17.9. The highest BCUT2D eigenvalue weighted by molar-refractivity contribution is 5.80. The lowest BCUT2D eigenvalue weighted by atomic mass is 9.94. The maximum atomic E-state index is 14.4. The van der Waals surface area contributed by atoms with Crippen molar-refractivity contribution in [2.24, 2.45) is 0 Å². The van der Waals surface area contributed by atoms with E-state index in [0.29, 0.717) is 37.1 Å². The smallest absolute Gasteiger partial charge is 0.415 e. The molecular formula is C21H20FNO3. The minimum absolute atomic E-state index is 0.0495. The molecule has 1 amide bonds. The van der Waals surface area contributed by atoms with Crippen LogP contribution in [0.15, 0.2) is 48.2 Å². The van der Waals surface area contributed by atoms with Crippen molar-refractivity contribution in [3.63, 3.8) is 0 Å². The Morgan fingerprint density at radius 3 is 2.77 bits per heavy atom. The fourth-order valence-corrected chi connectivity index (χ4v) is 3.00. The van der Waals surface area contributed by atoms with E-state index in [9.17, 15) is 14.0 Å². The molecule has 5 heteroatoms. The highest BCUT2D eigenvalue weighted by Gasteiger charge is 2.23. The first-order chi connectivity index (χ1) is 12.5. The number of nitrogens with zero attached hydrogens (tertiary/aromatic N) is 1. The summed E-state index contributed by atoms with van der Waals surface area (Å²) in [6, 6.07) is 10.4. The molecule has 0 N–H and O–H groups in total. The van der Waals surface area contributed by atoms with Gasteiger partial charge >= 0.3 is 6.09 Å². The molecule has 0 saturated heterocycles. The summed E-state index contributed by atoms with van der Waals surface area (Å²) in [5.74, 6) is 0.0620. The molecule has 1 heterocycles. The first-order valence-electron chi connectivity index (χ1n) is 8.49. The molecule has 0 bridgehead atoms. The van der Waals surface area contributed by atoms with E-state index in [-0.39, 0.29) is 11.7 Å². The predicted octanol–water partition coefficient (Wildman–Crippen LogP) is 4.72. The van der Waals surface area contributed by atoms with Gasteiger partial charge in [-0.2, -0.15) is 0 Å². The van der Waals surface area contributed by atoms with Gasteiger partial charge in [0.25, 0.3) is 0 Å². The van der Waals surface area contributed by atoms with E-state index in [2.05, 4.69) is 0 Å². The Hall–Kier alpha value is -2.95. The van der Waals surface area contributed by atoms with Crippen molar-refractivity contribution in [3.8, 4) is 11.1 Å². The van der Waals surface area contributed by atoms with Crippen molar-refractivity contribution in [2.45, 2.75) is 26.8 Å². The third-order valence-corrected chi connectivity index (χ3v) is 4.60. The molecule has 2 aromatic carbocycles. The van der Waals surface area contributed by atoms with Gasteiger partial charge in [-0.15, -0.1) is 0 Å². The third kappa shape index (κ3) is 3.52. The van der Waals surface area contributed by atoms with Gasteiger partial charge < -0.3 is 9.64 Å². The van der Waals surface area contributed by atoms with Crippen molar-refractivity contribution < 1.29 is 18.7 Å². The second-order valence-electron chi connectivity index (χ2n) is 6.25. The number of allylic oxidation sites excluding steroid dienone is 2. The lowest BCUT2D eigenvalue weighted by Crippen LogP contribution is -2.36.